The second-order valence-electron chi connectivity index (χ2n) is 17.6. The zero-order valence-electron chi connectivity index (χ0n) is 39.8. The fourth-order valence-corrected chi connectivity index (χ4v) is 7.71. The number of rotatable bonds is 46. The first-order chi connectivity index (χ1) is 29.5. The van der Waals surface area contributed by atoms with E-state index in [1.165, 1.54) is 122 Å². The Morgan fingerprint density at radius 3 is 1.27 bits per heavy atom. The molecule has 0 heterocycles. The fourth-order valence-electron chi connectivity index (χ4n) is 7.71. The molecule has 0 saturated carbocycles. The number of nitrogens with one attached hydrogen (secondary N) is 1. The van der Waals surface area contributed by atoms with Crippen LogP contribution in [0.15, 0.2) is 48.6 Å². The minimum Gasteiger partial charge on any atom is -0.462 e. The number of carbonyl (C=O) groups is 2. The highest BCUT2D eigenvalue weighted by atomic mass is 16.5. The maximum Gasteiger partial charge on any atom is 0.306 e. The molecule has 0 fully saturated rings. The van der Waals surface area contributed by atoms with Crippen LogP contribution in [0.5, 0.6) is 0 Å². The molecule has 0 aromatic carbocycles. The first kappa shape index (κ1) is 57.8. The third-order valence-electron chi connectivity index (χ3n) is 11.7. The van der Waals surface area contributed by atoms with Gasteiger partial charge in [0.2, 0.25) is 5.91 Å². The Balaban J connectivity index is 4.64. The van der Waals surface area contributed by atoms with Crippen molar-refractivity contribution in [3.8, 4) is 0 Å². The molecule has 0 bridgehead atoms. The van der Waals surface area contributed by atoms with Gasteiger partial charge in [0.15, 0.2) is 0 Å². The van der Waals surface area contributed by atoms with Gasteiger partial charge in [0, 0.05) is 6.42 Å². The lowest BCUT2D eigenvalue weighted by atomic mass is 10.0. The molecule has 0 saturated heterocycles. The van der Waals surface area contributed by atoms with E-state index >= 15 is 0 Å². The molecule has 350 valence electrons. The van der Waals surface area contributed by atoms with E-state index in [0.717, 1.165) is 89.9 Å². The van der Waals surface area contributed by atoms with Gasteiger partial charge in [-0.05, 0) is 77.0 Å². The predicted octanol–water partition coefficient (Wildman–Crippen LogP) is 15.5. The maximum atomic E-state index is 13.2. The molecule has 0 aromatic heterocycles. The van der Waals surface area contributed by atoms with Gasteiger partial charge in [0.05, 0.1) is 25.2 Å². The van der Waals surface area contributed by atoms with Crippen LogP contribution in [0.1, 0.15) is 258 Å². The molecule has 0 rings (SSSR count). The number of allylic oxidation sites excluding steroid dienone is 8. The molecule has 6 nitrogen and oxygen atoms in total. The van der Waals surface area contributed by atoms with E-state index < -0.39 is 18.2 Å². The van der Waals surface area contributed by atoms with Crippen molar-refractivity contribution < 1.29 is 24.5 Å². The largest absolute Gasteiger partial charge is 0.462 e. The molecule has 0 aliphatic heterocycles. The standard InChI is InChI=1S/C54H99NO5/c1-4-7-10-13-16-19-22-25-26-27-29-32-35-38-41-44-47-54(59)60-50(45-42-39-36-33-30-28-23-20-17-14-11-8-5-2)48-53(58)55-51(49-56)52(57)46-43-40-37-34-31-24-21-18-15-12-9-6-3/h17,20,23,26-29,32,50-52,56-57H,4-16,18-19,21-22,24-25,30-31,33-49H2,1-3H3,(H,55,58)/b20-17+,27-26+,28-23+,32-29+. The van der Waals surface area contributed by atoms with Crippen molar-refractivity contribution in [1.82, 2.24) is 5.32 Å². The highest BCUT2D eigenvalue weighted by Gasteiger charge is 2.24. The predicted molar refractivity (Wildman–Crippen MR) is 259 cm³/mol. The second-order valence-corrected chi connectivity index (χ2v) is 17.6. The minimum atomic E-state index is -0.797. The number of hydrogen-bond acceptors (Lipinski definition) is 5. The normalized spacial score (nSPS) is 13.6. The lowest BCUT2D eigenvalue weighted by Gasteiger charge is -2.24. The number of aliphatic hydroxyl groups is 2. The van der Waals surface area contributed by atoms with E-state index in [1.54, 1.807) is 0 Å². The molecule has 0 aromatic rings. The molecule has 3 atom stereocenters. The lowest BCUT2D eigenvalue weighted by Crippen LogP contribution is -2.46. The van der Waals surface area contributed by atoms with Crippen molar-refractivity contribution in [2.45, 2.75) is 277 Å². The summed E-state index contributed by atoms with van der Waals surface area (Å²) in [7, 11) is 0. The molecule has 6 heteroatoms. The van der Waals surface area contributed by atoms with Crippen molar-refractivity contribution in [2.75, 3.05) is 6.61 Å². The van der Waals surface area contributed by atoms with Gasteiger partial charge in [-0.15, -0.1) is 0 Å². The molecular weight excluding hydrogens is 743 g/mol. The third-order valence-corrected chi connectivity index (χ3v) is 11.7. The third kappa shape index (κ3) is 42.5. The SMILES string of the molecule is CCCCC/C=C/C=C/CCCCCCC(CC(=O)NC(CO)C(O)CCCCCCCCCCCCCC)OC(=O)CCCCC/C=C/C=C/CCCCCCCCC. The van der Waals surface area contributed by atoms with Crippen molar-refractivity contribution in [1.29, 1.82) is 0 Å². The van der Waals surface area contributed by atoms with Crippen LogP contribution in [0.4, 0.5) is 0 Å². The van der Waals surface area contributed by atoms with Crippen LogP contribution in [0, 0.1) is 0 Å². The quantitative estimate of drug-likeness (QED) is 0.0322. The Kier molecular flexibility index (Phi) is 46.1. The average molecular weight is 842 g/mol. The summed E-state index contributed by atoms with van der Waals surface area (Å²) >= 11 is 0. The van der Waals surface area contributed by atoms with Crippen molar-refractivity contribution in [3.63, 3.8) is 0 Å². The molecule has 3 unspecified atom stereocenters. The summed E-state index contributed by atoms with van der Waals surface area (Å²) in [4.78, 5) is 26.1. The molecule has 0 aliphatic carbocycles. The first-order valence-electron chi connectivity index (χ1n) is 25.9. The highest BCUT2D eigenvalue weighted by Crippen LogP contribution is 2.17. The number of hydrogen-bond donors (Lipinski definition) is 3. The summed E-state index contributed by atoms with van der Waals surface area (Å²) in [5.74, 6) is -0.521. The summed E-state index contributed by atoms with van der Waals surface area (Å²) < 4.78 is 5.91. The van der Waals surface area contributed by atoms with Gasteiger partial charge in [-0.25, -0.2) is 0 Å². The number of esters is 1. The van der Waals surface area contributed by atoms with E-state index in [-0.39, 0.29) is 24.9 Å². The Morgan fingerprint density at radius 1 is 0.483 bits per heavy atom. The van der Waals surface area contributed by atoms with E-state index in [4.69, 9.17) is 4.74 Å². The average Bonchev–Trinajstić information content (AvgIpc) is 3.24. The van der Waals surface area contributed by atoms with Gasteiger partial charge in [0.1, 0.15) is 6.10 Å². The second kappa shape index (κ2) is 47.9. The van der Waals surface area contributed by atoms with Crippen LogP contribution in [0.3, 0.4) is 0 Å². The number of amides is 1. The summed E-state index contributed by atoms with van der Waals surface area (Å²) in [5, 5.41) is 23.7. The van der Waals surface area contributed by atoms with Gasteiger partial charge < -0.3 is 20.3 Å². The van der Waals surface area contributed by atoms with Crippen LogP contribution < -0.4 is 5.32 Å². The molecule has 1 amide bonds. The van der Waals surface area contributed by atoms with E-state index in [0.29, 0.717) is 19.3 Å². The van der Waals surface area contributed by atoms with Crippen molar-refractivity contribution in [3.05, 3.63) is 48.6 Å². The summed E-state index contributed by atoms with van der Waals surface area (Å²) in [6.07, 6.45) is 57.4. The number of ether oxygens (including phenoxy) is 1. The van der Waals surface area contributed by atoms with Gasteiger partial charge in [-0.2, -0.15) is 0 Å². The Bertz CT molecular complexity index is 1040. The Labute approximate surface area is 372 Å². The van der Waals surface area contributed by atoms with Gasteiger partial charge in [0.25, 0.3) is 0 Å². The number of unbranched alkanes of at least 4 members (excludes halogenated alkanes) is 28. The summed E-state index contributed by atoms with van der Waals surface area (Å²) in [6.45, 7) is 6.44. The van der Waals surface area contributed by atoms with E-state index in [2.05, 4.69) is 74.7 Å². The first-order valence-corrected chi connectivity index (χ1v) is 25.9. The van der Waals surface area contributed by atoms with E-state index in [9.17, 15) is 19.8 Å². The number of aliphatic hydroxyl groups excluding tert-OH is 2. The minimum absolute atomic E-state index is 0.0537. The van der Waals surface area contributed by atoms with Gasteiger partial charge in [-0.3, -0.25) is 9.59 Å². The van der Waals surface area contributed by atoms with Crippen LogP contribution in [0.2, 0.25) is 0 Å². The van der Waals surface area contributed by atoms with Crippen LogP contribution in [-0.2, 0) is 14.3 Å². The fraction of sp³-hybridized carbons (Fsp3) is 0.815. The smallest absolute Gasteiger partial charge is 0.306 e. The van der Waals surface area contributed by atoms with Crippen LogP contribution in [0.25, 0.3) is 0 Å². The Hall–Kier alpha value is -2.18. The van der Waals surface area contributed by atoms with Gasteiger partial charge in [-0.1, -0.05) is 217 Å². The lowest BCUT2D eigenvalue weighted by molar-refractivity contribution is -0.151. The van der Waals surface area contributed by atoms with E-state index in [1.807, 2.05) is 0 Å². The zero-order chi connectivity index (χ0) is 43.8. The topological polar surface area (TPSA) is 95.9 Å². The monoisotopic (exact) mass is 842 g/mol. The Morgan fingerprint density at radius 2 is 0.833 bits per heavy atom. The summed E-state index contributed by atoms with van der Waals surface area (Å²) in [6, 6.07) is -0.713. The van der Waals surface area contributed by atoms with Gasteiger partial charge >= 0.3 is 5.97 Å². The zero-order valence-corrected chi connectivity index (χ0v) is 39.8. The molecule has 60 heavy (non-hydrogen) atoms. The van der Waals surface area contributed by atoms with Crippen molar-refractivity contribution >= 4 is 11.9 Å². The molecule has 0 spiro atoms. The van der Waals surface area contributed by atoms with Crippen molar-refractivity contribution in [2.24, 2.45) is 0 Å². The number of carbonyl (C=O) groups excluding carboxylic acids is 2. The highest BCUT2D eigenvalue weighted by molar-refractivity contribution is 5.77. The molecule has 0 radical (unpaired) electrons. The summed E-state index contributed by atoms with van der Waals surface area (Å²) in [5.41, 5.74) is 0. The van der Waals surface area contributed by atoms with Crippen LogP contribution >= 0.6 is 0 Å². The molecule has 0 aliphatic rings. The van der Waals surface area contributed by atoms with Crippen LogP contribution in [-0.4, -0.2) is 46.9 Å². The molecule has 3 N–H and O–H groups in total. The molecular formula is C54H99NO5. The maximum absolute atomic E-state index is 13.2.